The second-order valence-corrected chi connectivity index (χ2v) is 7.00. The van der Waals surface area contributed by atoms with E-state index >= 15 is 0 Å². The lowest BCUT2D eigenvalue weighted by atomic mass is 10.2. The Kier molecular flexibility index (Phi) is 3.95. The lowest BCUT2D eigenvalue weighted by Crippen LogP contribution is -2.26. The number of fused-ring (bicyclic) bond motifs is 1. The zero-order valence-corrected chi connectivity index (χ0v) is 14.4. The third-order valence-electron chi connectivity index (χ3n) is 5.45. The quantitative estimate of drug-likeness (QED) is 0.860. The monoisotopic (exact) mass is 342 g/mol. The number of nitrogens with zero attached hydrogens (tertiary/aromatic N) is 4. The Morgan fingerprint density at radius 1 is 1.36 bits per heavy atom. The second kappa shape index (κ2) is 6.15. The van der Waals surface area contributed by atoms with Gasteiger partial charge in [0.1, 0.15) is 5.82 Å². The molecule has 1 N–H and O–H groups in total. The van der Waals surface area contributed by atoms with Crippen molar-refractivity contribution in [1.29, 1.82) is 0 Å². The van der Waals surface area contributed by atoms with E-state index in [4.69, 9.17) is 14.8 Å². The molecule has 25 heavy (non-hydrogen) atoms. The number of aryl methyl sites for hydroxylation is 1. The summed E-state index contributed by atoms with van der Waals surface area (Å²) in [5.41, 5.74) is 2.20. The molecule has 0 bridgehead atoms. The molecule has 2 fully saturated rings. The van der Waals surface area contributed by atoms with E-state index < -0.39 is 5.97 Å². The fourth-order valence-corrected chi connectivity index (χ4v) is 3.93. The molecule has 0 radical (unpaired) electrons. The van der Waals surface area contributed by atoms with Gasteiger partial charge in [0.2, 0.25) is 0 Å². The van der Waals surface area contributed by atoms with E-state index in [9.17, 15) is 4.79 Å². The van der Waals surface area contributed by atoms with Crippen LogP contribution < -0.4 is 4.90 Å². The molecule has 2 aliphatic rings. The van der Waals surface area contributed by atoms with Gasteiger partial charge in [-0.15, -0.1) is 0 Å². The highest BCUT2D eigenvalue weighted by molar-refractivity contribution is 5.86. The van der Waals surface area contributed by atoms with Crippen molar-refractivity contribution < 1.29 is 14.6 Å². The van der Waals surface area contributed by atoms with Gasteiger partial charge in [-0.1, -0.05) is 6.07 Å². The van der Waals surface area contributed by atoms with E-state index in [0.29, 0.717) is 6.54 Å². The molecule has 0 spiro atoms. The predicted octanol–water partition coefficient (Wildman–Crippen LogP) is 1.66. The fraction of sp³-hybridized carbons (Fsp3) is 0.500. The maximum Gasteiger partial charge on any atom is 0.338 e. The van der Waals surface area contributed by atoms with Crippen LogP contribution in [0.4, 0.5) is 5.82 Å². The smallest absolute Gasteiger partial charge is 0.338 e. The van der Waals surface area contributed by atoms with Gasteiger partial charge in [0.15, 0.2) is 0 Å². The Balaban J connectivity index is 1.42. The Morgan fingerprint density at radius 3 is 2.72 bits per heavy atom. The van der Waals surface area contributed by atoms with Crippen LogP contribution in [0.15, 0.2) is 24.5 Å². The molecule has 1 aliphatic carbocycles. The molecule has 2 aromatic rings. The highest BCUT2D eigenvalue weighted by atomic mass is 16.5. The Labute approximate surface area is 146 Å². The Hall–Kier alpha value is -2.41. The summed E-state index contributed by atoms with van der Waals surface area (Å²) in [6.07, 6.45) is 2.91. The first kappa shape index (κ1) is 16.1. The van der Waals surface area contributed by atoms with Crippen molar-refractivity contribution in [3.05, 3.63) is 41.3 Å². The van der Waals surface area contributed by atoms with Gasteiger partial charge in [-0.2, -0.15) is 5.10 Å². The number of methoxy groups -OCH3 is 1. The highest BCUT2D eigenvalue weighted by Crippen LogP contribution is 2.52. The normalized spacial score (nSPS) is 24.4. The van der Waals surface area contributed by atoms with Crippen LogP contribution >= 0.6 is 0 Å². The van der Waals surface area contributed by atoms with Crippen LogP contribution in [0.25, 0.3) is 0 Å². The second-order valence-electron chi connectivity index (χ2n) is 7.00. The first-order valence-corrected chi connectivity index (χ1v) is 8.53. The van der Waals surface area contributed by atoms with E-state index in [1.54, 1.807) is 18.0 Å². The molecule has 0 aromatic carbocycles. The maximum atomic E-state index is 10.9. The van der Waals surface area contributed by atoms with Crippen molar-refractivity contribution in [2.24, 2.45) is 17.8 Å². The lowest BCUT2D eigenvalue weighted by Gasteiger charge is -2.21. The molecule has 3 atom stereocenters. The average molecular weight is 342 g/mol. The summed E-state index contributed by atoms with van der Waals surface area (Å²) in [6.45, 7) is 5.51. The number of carbonyl (C=O) groups is 1. The minimum atomic E-state index is -0.962. The summed E-state index contributed by atoms with van der Waals surface area (Å²) in [7, 11) is 1.77. The lowest BCUT2D eigenvalue weighted by molar-refractivity contribution is 0.0697. The summed E-state index contributed by atoms with van der Waals surface area (Å²) >= 11 is 0. The minimum Gasteiger partial charge on any atom is -0.478 e. The Bertz CT molecular complexity index is 791. The van der Waals surface area contributed by atoms with Crippen molar-refractivity contribution in [1.82, 2.24) is 14.8 Å². The third-order valence-corrected chi connectivity index (χ3v) is 5.45. The summed E-state index contributed by atoms with van der Waals surface area (Å²) < 4.78 is 6.90. The van der Waals surface area contributed by atoms with E-state index in [1.807, 2.05) is 6.92 Å². The van der Waals surface area contributed by atoms with Crippen LogP contribution in [-0.2, 0) is 11.3 Å². The number of carboxylic acids is 1. The van der Waals surface area contributed by atoms with Gasteiger partial charge in [0, 0.05) is 38.7 Å². The Morgan fingerprint density at radius 2 is 2.12 bits per heavy atom. The van der Waals surface area contributed by atoms with Gasteiger partial charge in [-0.05, 0) is 36.3 Å². The van der Waals surface area contributed by atoms with Crippen LogP contribution in [0.1, 0.15) is 21.6 Å². The molecule has 1 saturated carbocycles. The van der Waals surface area contributed by atoms with Crippen molar-refractivity contribution in [2.45, 2.75) is 13.5 Å². The van der Waals surface area contributed by atoms with E-state index in [2.05, 4.69) is 22.1 Å². The number of aromatic carboxylic acids is 1. The molecule has 1 aliphatic heterocycles. The number of hydrogen-bond acceptors (Lipinski definition) is 5. The van der Waals surface area contributed by atoms with Gasteiger partial charge in [-0.3, -0.25) is 4.68 Å². The number of anilines is 1. The van der Waals surface area contributed by atoms with Crippen LogP contribution in [0.5, 0.6) is 0 Å². The molecule has 3 heterocycles. The topological polar surface area (TPSA) is 80.5 Å². The molecular weight excluding hydrogens is 320 g/mol. The largest absolute Gasteiger partial charge is 0.478 e. The highest BCUT2D eigenvalue weighted by Gasteiger charge is 2.55. The number of carboxylic acid groups (broad SMARTS) is 1. The van der Waals surface area contributed by atoms with E-state index in [-0.39, 0.29) is 5.56 Å². The van der Waals surface area contributed by atoms with Gasteiger partial charge >= 0.3 is 5.97 Å². The summed E-state index contributed by atoms with van der Waals surface area (Å²) in [6, 6.07) is 4.12. The van der Waals surface area contributed by atoms with Crippen molar-refractivity contribution >= 4 is 11.8 Å². The summed E-state index contributed by atoms with van der Waals surface area (Å²) in [5.74, 6) is 2.29. The van der Waals surface area contributed by atoms with Crippen LogP contribution in [-0.4, -0.2) is 52.6 Å². The minimum absolute atomic E-state index is 0.198. The molecule has 132 valence electrons. The zero-order valence-electron chi connectivity index (χ0n) is 14.4. The molecule has 1 saturated heterocycles. The number of ether oxygens (including phenoxy) is 1. The van der Waals surface area contributed by atoms with Gasteiger partial charge < -0.3 is 14.7 Å². The number of piperidine rings is 1. The zero-order chi connectivity index (χ0) is 17.6. The van der Waals surface area contributed by atoms with Crippen LogP contribution in [0.2, 0.25) is 0 Å². The van der Waals surface area contributed by atoms with Gasteiger partial charge in [0.05, 0.1) is 18.3 Å². The average Bonchev–Trinajstić information content (AvgIpc) is 2.99. The van der Waals surface area contributed by atoms with Gasteiger partial charge in [0.25, 0.3) is 0 Å². The van der Waals surface area contributed by atoms with Crippen molar-refractivity contribution in [3.63, 3.8) is 0 Å². The van der Waals surface area contributed by atoms with E-state index in [0.717, 1.165) is 54.5 Å². The van der Waals surface area contributed by atoms with E-state index in [1.165, 1.54) is 6.20 Å². The number of hydrogen-bond donors (Lipinski definition) is 1. The molecular formula is C18H22N4O3. The third kappa shape index (κ3) is 3.00. The molecule has 4 rings (SSSR count). The van der Waals surface area contributed by atoms with Gasteiger partial charge in [-0.25, -0.2) is 9.78 Å². The SMILES string of the molecule is COC[C@H]1[C@H]2CN(c3ccc(Cn4cc(C(=O)O)cn4)c(C)n3)C[C@@H]12. The molecule has 2 aromatic heterocycles. The number of rotatable bonds is 6. The molecule has 7 heteroatoms. The van der Waals surface area contributed by atoms with Crippen molar-refractivity contribution in [2.75, 3.05) is 31.7 Å². The summed E-state index contributed by atoms with van der Waals surface area (Å²) in [5, 5.41) is 13.1. The van der Waals surface area contributed by atoms with Crippen molar-refractivity contribution in [3.8, 4) is 0 Å². The molecule has 7 nitrogen and oxygen atoms in total. The first-order valence-electron chi connectivity index (χ1n) is 8.53. The van der Waals surface area contributed by atoms with Crippen LogP contribution in [0.3, 0.4) is 0 Å². The predicted molar refractivity (Wildman–Crippen MR) is 91.8 cm³/mol. The first-order chi connectivity index (χ1) is 12.1. The fourth-order valence-electron chi connectivity index (χ4n) is 3.93. The number of pyridine rings is 1. The standard InChI is InChI=1S/C18H22N4O3/c1-11-12(6-22-7-13(5-19-22)18(23)24)3-4-17(20-11)21-8-14-15(9-21)16(14)10-25-2/h3-5,7,14-16H,6,8-10H2,1-2H3,(H,23,24)/t14-,15+,16-. The number of aromatic nitrogens is 3. The van der Waals surface area contributed by atoms with Crippen LogP contribution in [0, 0.1) is 24.7 Å². The molecule has 0 unspecified atom stereocenters. The maximum absolute atomic E-state index is 10.9. The summed E-state index contributed by atoms with van der Waals surface area (Å²) in [4.78, 5) is 18.1. The molecule has 0 amide bonds.